The van der Waals surface area contributed by atoms with Crippen LogP contribution in [0.2, 0.25) is 10.0 Å². The molecule has 4 heteroatoms. The van der Waals surface area contributed by atoms with Crippen LogP contribution in [0.3, 0.4) is 0 Å². The summed E-state index contributed by atoms with van der Waals surface area (Å²) < 4.78 is 5.71. The molecular formula is C16H15Cl2NO. The molecule has 0 radical (unpaired) electrons. The molecule has 0 amide bonds. The van der Waals surface area contributed by atoms with Crippen LogP contribution in [0.5, 0.6) is 5.75 Å². The first kappa shape index (κ1) is 13.7. The lowest BCUT2D eigenvalue weighted by molar-refractivity contribution is 0.352. The Kier molecular flexibility index (Phi) is 3.63. The Morgan fingerprint density at radius 2 is 2.00 bits per heavy atom. The summed E-state index contributed by atoms with van der Waals surface area (Å²) >= 11 is 12.4. The van der Waals surface area contributed by atoms with Gasteiger partial charge in [0.15, 0.2) is 0 Å². The molecule has 0 aliphatic carbocycles. The molecule has 1 aliphatic heterocycles. The standard InChI is InChI=1S/C16H15Cl2NO/c1-9-2-3-10(7-14(9)18)15(19)13-8-12(17)6-11-4-5-20-16(11)13/h2-3,6-8,15H,4-5,19H2,1H3. The Balaban J connectivity index is 2.06. The molecule has 2 aromatic rings. The maximum Gasteiger partial charge on any atom is 0.127 e. The van der Waals surface area contributed by atoms with Gasteiger partial charge in [-0.2, -0.15) is 0 Å². The van der Waals surface area contributed by atoms with Crippen molar-refractivity contribution < 1.29 is 4.74 Å². The highest BCUT2D eigenvalue weighted by molar-refractivity contribution is 6.31. The normalized spacial score (nSPS) is 14.8. The minimum Gasteiger partial charge on any atom is -0.493 e. The maximum absolute atomic E-state index is 6.38. The number of aryl methyl sites for hydroxylation is 1. The summed E-state index contributed by atoms with van der Waals surface area (Å²) in [6, 6.07) is 9.41. The first-order chi connectivity index (χ1) is 9.56. The predicted octanol–water partition coefficient (Wildman–Crippen LogP) is 4.28. The summed E-state index contributed by atoms with van der Waals surface area (Å²) in [7, 11) is 0. The third-order valence-electron chi connectivity index (χ3n) is 3.67. The predicted molar refractivity (Wildman–Crippen MR) is 82.9 cm³/mol. The van der Waals surface area contributed by atoms with Gasteiger partial charge in [-0.3, -0.25) is 0 Å². The van der Waals surface area contributed by atoms with Crippen molar-refractivity contribution in [1.82, 2.24) is 0 Å². The van der Waals surface area contributed by atoms with Crippen LogP contribution in [0.4, 0.5) is 0 Å². The Morgan fingerprint density at radius 1 is 1.20 bits per heavy atom. The van der Waals surface area contributed by atoms with Gasteiger partial charge in [-0.05, 0) is 41.8 Å². The van der Waals surface area contributed by atoms with Crippen LogP contribution in [-0.2, 0) is 6.42 Å². The molecule has 1 unspecified atom stereocenters. The molecule has 3 rings (SSSR count). The quantitative estimate of drug-likeness (QED) is 0.898. The second-order valence-electron chi connectivity index (χ2n) is 5.07. The van der Waals surface area contributed by atoms with E-state index in [0.717, 1.165) is 39.4 Å². The molecule has 0 saturated heterocycles. The smallest absolute Gasteiger partial charge is 0.127 e. The van der Waals surface area contributed by atoms with Crippen molar-refractivity contribution in [2.45, 2.75) is 19.4 Å². The Labute approximate surface area is 128 Å². The van der Waals surface area contributed by atoms with E-state index in [1.807, 2.05) is 37.3 Å². The van der Waals surface area contributed by atoms with Gasteiger partial charge in [-0.25, -0.2) is 0 Å². The highest BCUT2D eigenvalue weighted by Gasteiger charge is 2.22. The molecule has 1 atom stereocenters. The van der Waals surface area contributed by atoms with Gasteiger partial charge >= 0.3 is 0 Å². The zero-order valence-corrected chi connectivity index (χ0v) is 12.6. The van der Waals surface area contributed by atoms with Crippen molar-refractivity contribution in [3.8, 4) is 5.75 Å². The molecule has 0 spiro atoms. The average Bonchev–Trinajstić information content (AvgIpc) is 2.88. The molecule has 0 aromatic heterocycles. The third kappa shape index (κ3) is 2.39. The second-order valence-corrected chi connectivity index (χ2v) is 5.91. The fourth-order valence-corrected chi connectivity index (χ4v) is 2.95. The molecule has 0 bridgehead atoms. The zero-order chi connectivity index (χ0) is 14.3. The number of fused-ring (bicyclic) bond motifs is 1. The highest BCUT2D eigenvalue weighted by Crippen LogP contribution is 2.38. The molecule has 20 heavy (non-hydrogen) atoms. The van der Waals surface area contributed by atoms with Crippen molar-refractivity contribution >= 4 is 23.2 Å². The van der Waals surface area contributed by atoms with Crippen molar-refractivity contribution in [2.24, 2.45) is 5.73 Å². The second kappa shape index (κ2) is 5.28. The van der Waals surface area contributed by atoms with Gasteiger partial charge in [0.1, 0.15) is 5.75 Å². The van der Waals surface area contributed by atoms with Crippen molar-refractivity contribution in [3.63, 3.8) is 0 Å². The molecule has 2 nitrogen and oxygen atoms in total. The minimum absolute atomic E-state index is 0.293. The van der Waals surface area contributed by atoms with E-state index >= 15 is 0 Å². The van der Waals surface area contributed by atoms with Gasteiger partial charge in [0, 0.05) is 22.0 Å². The van der Waals surface area contributed by atoms with Gasteiger partial charge in [0.05, 0.1) is 12.6 Å². The summed E-state index contributed by atoms with van der Waals surface area (Å²) in [6.45, 7) is 2.65. The van der Waals surface area contributed by atoms with E-state index in [4.69, 9.17) is 33.7 Å². The first-order valence-electron chi connectivity index (χ1n) is 6.53. The van der Waals surface area contributed by atoms with E-state index in [9.17, 15) is 0 Å². The lowest BCUT2D eigenvalue weighted by Crippen LogP contribution is -2.13. The maximum atomic E-state index is 6.38. The van der Waals surface area contributed by atoms with E-state index < -0.39 is 0 Å². The fourth-order valence-electron chi connectivity index (χ4n) is 2.51. The molecule has 2 N–H and O–H groups in total. The zero-order valence-electron chi connectivity index (χ0n) is 11.1. The fraction of sp³-hybridized carbons (Fsp3) is 0.250. The van der Waals surface area contributed by atoms with Crippen molar-refractivity contribution in [3.05, 3.63) is 62.6 Å². The Bertz CT molecular complexity index is 670. The molecule has 0 saturated carbocycles. The van der Waals surface area contributed by atoms with Gasteiger partial charge in [-0.15, -0.1) is 0 Å². The van der Waals surface area contributed by atoms with Gasteiger partial charge in [-0.1, -0.05) is 35.3 Å². The Morgan fingerprint density at radius 3 is 2.75 bits per heavy atom. The van der Waals surface area contributed by atoms with E-state index in [0.29, 0.717) is 11.6 Å². The molecule has 2 aromatic carbocycles. The van der Waals surface area contributed by atoms with E-state index in [-0.39, 0.29) is 6.04 Å². The van der Waals surface area contributed by atoms with Crippen molar-refractivity contribution in [2.75, 3.05) is 6.61 Å². The van der Waals surface area contributed by atoms with Crippen LogP contribution in [0.25, 0.3) is 0 Å². The van der Waals surface area contributed by atoms with Crippen LogP contribution in [0, 0.1) is 6.92 Å². The number of hydrogen-bond donors (Lipinski definition) is 1. The monoisotopic (exact) mass is 307 g/mol. The summed E-state index contributed by atoms with van der Waals surface area (Å²) in [4.78, 5) is 0. The SMILES string of the molecule is Cc1ccc(C(N)c2cc(Cl)cc3c2OCC3)cc1Cl. The molecule has 1 heterocycles. The number of benzene rings is 2. The largest absolute Gasteiger partial charge is 0.493 e. The number of hydrogen-bond acceptors (Lipinski definition) is 2. The number of ether oxygens (including phenoxy) is 1. The molecule has 104 valence electrons. The number of nitrogens with two attached hydrogens (primary N) is 1. The summed E-state index contributed by atoms with van der Waals surface area (Å²) in [5, 5.41) is 1.41. The first-order valence-corrected chi connectivity index (χ1v) is 7.28. The van der Waals surface area contributed by atoms with Gasteiger partial charge in [0.2, 0.25) is 0 Å². The minimum atomic E-state index is -0.293. The third-order valence-corrected chi connectivity index (χ3v) is 4.29. The van der Waals surface area contributed by atoms with Crippen LogP contribution in [0.15, 0.2) is 30.3 Å². The number of rotatable bonds is 2. The van der Waals surface area contributed by atoms with Crippen LogP contribution in [-0.4, -0.2) is 6.61 Å². The van der Waals surface area contributed by atoms with E-state index in [1.165, 1.54) is 0 Å². The lowest BCUT2D eigenvalue weighted by atomic mass is 9.96. The molecular weight excluding hydrogens is 293 g/mol. The summed E-state index contributed by atoms with van der Waals surface area (Å²) in [6.07, 6.45) is 0.879. The summed E-state index contributed by atoms with van der Waals surface area (Å²) in [5.74, 6) is 0.874. The van der Waals surface area contributed by atoms with E-state index in [1.54, 1.807) is 0 Å². The number of halogens is 2. The van der Waals surface area contributed by atoms with Crippen molar-refractivity contribution in [1.29, 1.82) is 0 Å². The van der Waals surface area contributed by atoms with Crippen LogP contribution < -0.4 is 10.5 Å². The van der Waals surface area contributed by atoms with Crippen LogP contribution in [0.1, 0.15) is 28.3 Å². The van der Waals surface area contributed by atoms with Gasteiger partial charge in [0.25, 0.3) is 0 Å². The van der Waals surface area contributed by atoms with Crippen LogP contribution >= 0.6 is 23.2 Å². The topological polar surface area (TPSA) is 35.2 Å². The average molecular weight is 308 g/mol. The summed E-state index contributed by atoms with van der Waals surface area (Å²) in [5.41, 5.74) is 10.4. The molecule has 1 aliphatic rings. The van der Waals surface area contributed by atoms with Gasteiger partial charge < -0.3 is 10.5 Å². The Hall–Kier alpha value is -1.22. The molecule has 0 fully saturated rings. The lowest BCUT2D eigenvalue weighted by Gasteiger charge is -2.17. The van der Waals surface area contributed by atoms with E-state index in [2.05, 4.69) is 0 Å². The highest BCUT2D eigenvalue weighted by atomic mass is 35.5.